The molecule has 3 rings (SSSR count). The predicted octanol–water partition coefficient (Wildman–Crippen LogP) is 4.48. The number of rotatable bonds is 7. The van der Waals surface area contributed by atoms with Crippen molar-refractivity contribution in [1.82, 2.24) is 9.97 Å². The Bertz CT molecular complexity index is 1000. The average molecular weight is 434 g/mol. The maximum absolute atomic E-state index is 13.1. The van der Waals surface area contributed by atoms with E-state index in [2.05, 4.69) is 21.9 Å². The number of carbonyl (C=O) groups is 1. The Hall–Kier alpha value is -2.25. The van der Waals surface area contributed by atoms with Gasteiger partial charge in [-0.15, -0.1) is 0 Å². The summed E-state index contributed by atoms with van der Waals surface area (Å²) in [5, 5.41) is 2.95. The van der Waals surface area contributed by atoms with Gasteiger partial charge in [-0.05, 0) is 36.1 Å². The topological polar surface area (TPSA) is 89.0 Å². The van der Waals surface area contributed by atoms with Crippen molar-refractivity contribution in [3.05, 3.63) is 53.5 Å². The quantitative estimate of drug-likeness (QED) is 0.695. The zero-order valence-electron chi connectivity index (χ0n) is 16.3. The van der Waals surface area contributed by atoms with Crippen LogP contribution in [0.1, 0.15) is 49.3 Å². The lowest BCUT2D eigenvalue weighted by Gasteiger charge is -2.21. The SMILES string of the molecule is C=Cc1cnc(NC(=O)[C@H](CC2CCCC2)c2ccc(S(C)(=O)=O)c(Cl)c2)cn1. The molecule has 1 N–H and O–H groups in total. The van der Waals surface area contributed by atoms with Crippen molar-refractivity contribution < 1.29 is 13.2 Å². The van der Waals surface area contributed by atoms with Crippen LogP contribution in [0.5, 0.6) is 0 Å². The minimum absolute atomic E-state index is 0.0637. The second-order valence-electron chi connectivity index (χ2n) is 7.42. The van der Waals surface area contributed by atoms with Crippen molar-refractivity contribution in [2.75, 3.05) is 11.6 Å². The highest BCUT2D eigenvalue weighted by Crippen LogP contribution is 2.36. The van der Waals surface area contributed by atoms with Crippen LogP contribution in [0.25, 0.3) is 6.08 Å². The highest BCUT2D eigenvalue weighted by Gasteiger charge is 2.28. The molecule has 2 aromatic rings. The lowest BCUT2D eigenvalue weighted by molar-refractivity contribution is -0.118. The molecule has 1 aromatic heterocycles. The van der Waals surface area contributed by atoms with Gasteiger partial charge in [0.1, 0.15) is 0 Å². The normalized spacial score (nSPS) is 15.8. The number of carbonyl (C=O) groups excluding carboxylic acids is 1. The van der Waals surface area contributed by atoms with Crippen LogP contribution in [0.3, 0.4) is 0 Å². The second-order valence-corrected chi connectivity index (χ2v) is 9.81. The van der Waals surface area contributed by atoms with E-state index >= 15 is 0 Å². The summed E-state index contributed by atoms with van der Waals surface area (Å²) in [7, 11) is -3.43. The van der Waals surface area contributed by atoms with Gasteiger partial charge in [-0.1, -0.05) is 49.9 Å². The van der Waals surface area contributed by atoms with Crippen molar-refractivity contribution >= 4 is 39.2 Å². The molecule has 0 spiro atoms. The summed E-state index contributed by atoms with van der Waals surface area (Å²) in [6, 6.07) is 4.73. The van der Waals surface area contributed by atoms with Crippen LogP contribution in [-0.4, -0.2) is 30.5 Å². The third-order valence-electron chi connectivity index (χ3n) is 5.25. The Kier molecular flexibility index (Phi) is 6.70. The average Bonchev–Trinajstić information content (AvgIpc) is 3.19. The molecule has 0 unspecified atom stereocenters. The Labute approximate surface area is 176 Å². The highest BCUT2D eigenvalue weighted by atomic mass is 35.5. The molecule has 0 saturated heterocycles. The number of nitrogens with zero attached hydrogens (tertiary/aromatic N) is 2. The monoisotopic (exact) mass is 433 g/mol. The minimum Gasteiger partial charge on any atom is -0.309 e. The molecule has 1 aliphatic rings. The van der Waals surface area contributed by atoms with Gasteiger partial charge in [-0.3, -0.25) is 9.78 Å². The maximum atomic E-state index is 13.1. The van der Waals surface area contributed by atoms with Crippen molar-refractivity contribution in [1.29, 1.82) is 0 Å². The van der Waals surface area contributed by atoms with E-state index in [9.17, 15) is 13.2 Å². The van der Waals surface area contributed by atoms with E-state index < -0.39 is 15.8 Å². The maximum Gasteiger partial charge on any atom is 0.233 e. The smallest absolute Gasteiger partial charge is 0.233 e. The molecule has 1 saturated carbocycles. The van der Waals surface area contributed by atoms with E-state index in [1.165, 1.54) is 31.3 Å². The Morgan fingerprint density at radius 3 is 2.59 bits per heavy atom. The molecule has 1 aliphatic carbocycles. The number of amides is 1. The largest absolute Gasteiger partial charge is 0.309 e. The lowest BCUT2D eigenvalue weighted by Crippen LogP contribution is -2.24. The van der Waals surface area contributed by atoms with Crippen LogP contribution >= 0.6 is 11.6 Å². The Morgan fingerprint density at radius 1 is 1.31 bits per heavy atom. The third kappa shape index (κ3) is 5.42. The molecular formula is C21H24ClN3O3S. The van der Waals surface area contributed by atoms with E-state index in [4.69, 9.17) is 11.6 Å². The van der Waals surface area contributed by atoms with Crippen molar-refractivity contribution in [3.63, 3.8) is 0 Å². The Morgan fingerprint density at radius 2 is 2.03 bits per heavy atom. The fourth-order valence-corrected chi connectivity index (χ4v) is 5.07. The van der Waals surface area contributed by atoms with Gasteiger partial charge >= 0.3 is 0 Å². The van der Waals surface area contributed by atoms with Gasteiger partial charge in [0.25, 0.3) is 0 Å². The first kappa shape index (κ1) is 21.5. The van der Waals surface area contributed by atoms with Gasteiger partial charge in [0.15, 0.2) is 15.7 Å². The van der Waals surface area contributed by atoms with E-state index in [-0.39, 0.29) is 15.8 Å². The van der Waals surface area contributed by atoms with Crippen molar-refractivity contribution in [3.8, 4) is 0 Å². The van der Waals surface area contributed by atoms with Crippen molar-refractivity contribution in [2.24, 2.45) is 5.92 Å². The Balaban J connectivity index is 1.88. The van der Waals surface area contributed by atoms with Crippen LogP contribution in [0.4, 0.5) is 5.82 Å². The molecule has 0 radical (unpaired) electrons. The van der Waals surface area contributed by atoms with Gasteiger partial charge in [-0.25, -0.2) is 13.4 Å². The number of sulfone groups is 1. The van der Waals surface area contributed by atoms with Gasteiger partial charge in [0, 0.05) is 6.26 Å². The molecule has 1 heterocycles. The molecule has 0 bridgehead atoms. The fraction of sp³-hybridized carbons (Fsp3) is 0.381. The summed E-state index contributed by atoms with van der Waals surface area (Å²) in [6.07, 6.45) is 10.9. The lowest BCUT2D eigenvalue weighted by atomic mass is 9.87. The fourth-order valence-electron chi connectivity index (χ4n) is 3.73. The summed E-state index contributed by atoms with van der Waals surface area (Å²) in [6.45, 7) is 3.63. The van der Waals surface area contributed by atoms with E-state index in [1.807, 2.05) is 0 Å². The first-order chi connectivity index (χ1) is 13.8. The van der Waals surface area contributed by atoms with Crippen LogP contribution in [0, 0.1) is 5.92 Å². The summed E-state index contributed by atoms with van der Waals surface area (Å²) >= 11 is 6.23. The molecule has 8 heteroatoms. The first-order valence-electron chi connectivity index (χ1n) is 9.53. The van der Waals surface area contributed by atoms with Crippen LogP contribution in [0.15, 0.2) is 42.1 Å². The summed E-state index contributed by atoms with van der Waals surface area (Å²) in [5.41, 5.74) is 1.32. The molecule has 154 valence electrons. The molecular weight excluding hydrogens is 410 g/mol. The molecule has 6 nitrogen and oxygen atoms in total. The zero-order valence-corrected chi connectivity index (χ0v) is 17.8. The van der Waals surface area contributed by atoms with Crippen LogP contribution in [-0.2, 0) is 14.6 Å². The predicted molar refractivity (Wildman–Crippen MR) is 115 cm³/mol. The number of aromatic nitrogens is 2. The van der Waals surface area contributed by atoms with Gasteiger partial charge in [0.05, 0.1) is 33.9 Å². The highest BCUT2D eigenvalue weighted by molar-refractivity contribution is 7.90. The van der Waals surface area contributed by atoms with E-state index in [1.54, 1.807) is 18.2 Å². The summed E-state index contributed by atoms with van der Waals surface area (Å²) < 4.78 is 23.7. The van der Waals surface area contributed by atoms with E-state index in [0.717, 1.165) is 19.1 Å². The zero-order chi connectivity index (χ0) is 21.0. The minimum atomic E-state index is -3.43. The molecule has 1 aromatic carbocycles. The number of nitrogens with one attached hydrogen (secondary N) is 1. The third-order valence-corrected chi connectivity index (χ3v) is 6.83. The summed E-state index contributed by atoms with van der Waals surface area (Å²) in [5.74, 6) is 0.148. The van der Waals surface area contributed by atoms with E-state index in [0.29, 0.717) is 29.4 Å². The molecule has 0 aliphatic heterocycles. The molecule has 29 heavy (non-hydrogen) atoms. The number of halogens is 1. The molecule has 1 atom stereocenters. The molecule has 1 fully saturated rings. The van der Waals surface area contributed by atoms with Gasteiger partial charge < -0.3 is 5.32 Å². The molecule has 1 amide bonds. The number of anilines is 1. The first-order valence-corrected chi connectivity index (χ1v) is 11.8. The van der Waals surface area contributed by atoms with Crippen LogP contribution < -0.4 is 5.32 Å². The number of hydrogen-bond acceptors (Lipinski definition) is 5. The van der Waals surface area contributed by atoms with Gasteiger partial charge in [-0.2, -0.15) is 0 Å². The van der Waals surface area contributed by atoms with Gasteiger partial charge in [0.2, 0.25) is 5.91 Å². The number of hydrogen-bond donors (Lipinski definition) is 1. The standard InChI is InChI=1S/C21H24ClN3O3S/c1-3-16-12-24-20(13-23-16)25-21(26)17(10-14-6-4-5-7-14)15-8-9-19(18(22)11-15)29(2,27)28/h3,8-9,11-14,17H,1,4-7,10H2,2H3,(H,24,25,26)/t17-/m1/s1. The number of benzene rings is 1. The second kappa shape index (κ2) is 9.05. The summed E-state index contributed by atoms with van der Waals surface area (Å²) in [4.78, 5) is 21.5. The van der Waals surface area contributed by atoms with Crippen LogP contribution in [0.2, 0.25) is 5.02 Å². The van der Waals surface area contributed by atoms with Crippen molar-refractivity contribution in [2.45, 2.75) is 42.9 Å².